The highest BCUT2D eigenvalue weighted by molar-refractivity contribution is 5.27. The molecule has 0 aromatic carbocycles. The quantitative estimate of drug-likeness (QED) is 0.800. The van der Waals surface area contributed by atoms with Crippen molar-refractivity contribution in [3.05, 3.63) is 23.5 Å². The van der Waals surface area contributed by atoms with Gasteiger partial charge in [-0.1, -0.05) is 12.8 Å². The standard InChI is InChI=1S/C13H20N2O/c1-9-3-6-13(16)12(15-9)8-14-10(2)7-11-4-5-11/h3,6,10-11,14,16H,4-5,7-8H2,1-2H3. The summed E-state index contributed by atoms with van der Waals surface area (Å²) in [6, 6.07) is 4.05. The van der Waals surface area contributed by atoms with Crippen LogP contribution in [0.25, 0.3) is 0 Å². The molecule has 0 spiro atoms. The second kappa shape index (κ2) is 4.83. The number of aromatic hydroxyl groups is 1. The van der Waals surface area contributed by atoms with Crippen LogP contribution in [0.5, 0.6) is 5.75 Å². The second-order valence-corrected chi connectivity index (χ2v) is 4.88. The molecule has 1 heterocycles. The largest absolute Gasteiger partial charge is 0.506 e. The Bertz CT molecular complexity index is 361. The first kappa shape index (κ1) is 11.4. The lowest BCUT2D eigenvalue weighted by molar-refractivity contribution is 0.443. The van der Waals surface area contributed by atoms with Crippen molar-refractivity contribution in [1.29, 1.82) is 0 Å². The lowest BCUT2D eigenvalue weighted by atomic mass is 10.1. The van der Waals surface area contributed by atoms with Crippen LogP contribution in [0.3, 0.4) is 0 Å². The summed E-state index contributed by atoms with van der Waals surface area (Å²) >= 11 is 0. The van der Waals surface area contributed by atoms with E-state index in [-0.39, 0.29) is 5.75 Å². The molecule has 0 amide bonds. The van der Waals surface area contributed by atoms with E-state index < -0.39 is 0 Å². The van der Waals surface area contributed by atoms with E-state index in [1.807, 2.05) is 13.0 Å². The molecule has 0 bridgehead atoms. The summed E-state index contributed by atoms with van der Waals surface area (Å²) in [6.45, 7) is 4.79. The first-order valence-corrected chi connectivity index (χ1v) is 6.04. The van der Waals surface area contributed by atoms with Gasteiger partial charge in [0.1, 0.15) is 5.75 Å². The van der Waals surface area contributed by atoms with Crippen molar-refractivity contribution in [2.75, 3.05) is 0 Å². The minimum atomic E-state index is 0.289. The fourth-order valence-electron chi connectivity index (χ4n) is 1.94. The van der Waals surface area contributed by atoms with Gasteiger partial charge in [-0.25, -0.2) is 0 Å². The van der Waals surface area contributed by atoms with Crippen molar-refractivity contribution in [2.45, 2.75) is 45.7 Å². The van der Waals surface area contributed by atoms with Gasteiger partial charge in [0.05, 0.1) is 5.69 Å². The zero-order chi connectivity index (χ0) is 11.5. The third kappa shape index (κ3) is 3.20. The highest BCUT2D eigenvalue weighted by atomic mass is 16.3. The molecule has 0 saturated heterocycles. The average Bonchev–Trinajstić information content (AvgIpc) is 3.03. The average molecular weight is 220 g/mol. The van der Waals surface area contributed by atoms with Crippen LogP contribution in [0.2, 0.25) is 0 Å². The molecule has 0 aliphatic heterocycles. The first-order valence-electron chi connectivity index (χ1n) is 6.04. The number of nitrogens with one attached hydrogen (secondary N) is 1. The Morgan fingerprint density at radius 1 is 1.50 bits per heavy atom. The van der Waals surface area contributed by atoms with Crippen LogP contribution in [-0.2, 0) is 6.54 Å². The van der Waals surface area contributed by atoms with Gasteiger partial charge in [-0.2, -0.15) is 0 Å². The summed E-state index contributed by atoms with van der Waals surface area (Å²) in [6.07, 6.45) is 4.02. The molecule has 1 unspecified atom stereocenters. The van der Waals surface area contributed by atoms with Crippen molar-refractivity contribution < 1.29 is 5.11 Å². The molecular formula is C13H20N2O. The summed E-state index contributed by atoms with van der Waals surface area (Å²) in [7, 11) is 0. The Balaban J connectivity index is 1.85. The Kier molecular flexibility index (Phi) is 3.44. The molecule has 88 valence electrons. The summed E-state index contributed by atoms with van der Waals surface area (Å²) in [5.41, 5.74) is 1.70. The SMILES string of the molecule is Cc1ccc(O)c(CNC(C)CC2CC2)n1. The molecule has 1 atom stereocenters. The van der Waals surface area contributed by atoms with Crippen LogP contribution in [-0.4, -0.2) is 16.1 Å². The number of rotatable bonds is 5. The van der Waals surface area contributed by atoms with E-state index in [2.05, 4.69) is 17.2 Å². The van der Waals surface area contributed by atoms with E-state index in [0.29, 0.717) is 12.6 Å². The predicted octanol–water partition coefficient (Wildman–Crippen LogP) is 2.37. The number of aryl methyl sites for hydroxylation is 1. The lowest BCUT2D eigenvalue weighted by Crippen LogP contribution is -2.26. The minimum Gasteiger partial charge on any atom is -0.506 e. The second-order valence-electron chi connectivity index (χ2n) is 4.88. The Morgan fingerprint density at radius 3 is 2.94 bits per heavy atom. The predicted molar refractivity (Wildman–Crippen MR) is 64.3 cm³/mol. The maximum atomic E-state index is 9.64. The zero-order valence-corrected chi connectivity index (χ0v) is 10.0. The number of pyridine rings is 1. The lowest BCUT2D eigenvalue weighted by Gasteiger charge is -2.13. The van der Waals surface area contributed by atoms with Crippen LogP contribution in [0, 0.1) is 12.8 Å². The van der Waals surface area contributed by atoms with Gasteiger partial charge < -0.3 is 10.4 Å². The number of nitrogens with zero attached hydrogens (tertiary/aromatic N) is 1. The first-order chi connectivity index (χ1) is 7.65. The van der Waals surface area contributed by atoms with Crippen LogP contribution in [0.1, 0.15) is 37.6 Å². The minimum absolute atomic E-state index is 0.289. The van der Waals surface area contributed by atoms with Crippen LogP contribution >= 0.6 is 0 Å². The fraction of sp³-hybridized carbons (Fsp3) is 0.615. The van der Waals surface area contributed by atoms with Crippen molar-refractivity contribution in [3.8, 4) is 5.75 Å². The van der Waals surface area contributed by atoms with Gasteiger partial charge in [-0.05, 0) is 38.3 Å². The van der Waals surface area contributed by atoms with Gasteiger partial charge in [0.2, 0.25) is 0 Å². The molecule has 1 aliphatic carbocycles. The molecule has 1 fully saturated rings. The topological polar surface area (TPSA) is 45.1 Å². The van der Waals surface area contributed by atoms with Crippen molar-refractivity contribution in [1.82, 2.24) is 10.3 Å². The number of aromatic nitrogens is 1. The van der Waals surface area contributed by atoms with E-state index in [9.17, 15) is 5.11 Å². The zero-order valence-electron chi connectivity index (χ0n) is 10.0. The molecular weight excluding hydrogens is 200 g/mol. The molecule has 16 heavy (non-hydrogen) atoms. The maximum Gasteiger partial charge on any atom is 0.138 e. The van der Waals surface area contributed by atoms with Crippen molar-refractivity contribution >= 4 is 0 Å². The van der Waals surface area contributed by atoms with Gasteiger partial charge in [0.15, 0.2) is 0 Å². The third-order valence-electron chi connectivity index (χ3n) is 3.09. The van der Waals surface area contributed by atoms with Gasteiger partial charge in [-0.3, -0.25) is 4.98 Å². The molecule has 2 rings (SSSR count). The number of hydrogen-bond donors (Lipinski definition) is 2. The normalized spacial score (nSPS) is 17.4. The Hall–Kier alpha value is -1.09. The number of hydrogen-bond acceptors (Lipinski definition) is 3. The van der Waals surface area contributed by atoms with Gasteiger partial charge in [-0.15, -0.1) is 0 Å². The fourth-order valence-corrected chi connectivity index (χ4v) is 1.94. The smallest absolute Gasteiger partial charge is 0.138 e. The molecule has 1 saturated carbocycles. The van der Waals surface area contributed by atoms with E-state index in [1.54, 1.807) is 6.07 Å². The van der Waals surface area contributed by atoms with Crippen molar-refractivity contribution in [2.24, 2.45) is 5.92 Å². The van der Waals surface area contributed by atoms with Gasteiger partial charge in [0, 0.05) is 18.3 Å². The molecule has 1 aromatic heterocycles. The molecule has 1 aliphatic rings. The molecule has 3 nitrogen and oxygen atoms in total. The molecule has 1 aromatic rings. The van der Waals surface area contributed by atoms with Crippen LogP contribution < -0.4 is 5.32 Å². The highest BCUT2D eigenvalue weighted by Crippen LogP contribution is 2.33. The van der Waals surface area contributed by atoms with Gasteiger partial charge >= 0.3 is 0 Å². The van der Waals surface area contributed by atoms with E-state index in [4.69, 9.17) is 0 Å². The molecule has 0 radical (unpaired) electrons. The third-order valence-corrected chi connectivity index (χ3v) is 3.09. The summed E-state index contributed by atoms with van der Waals surface area (Å²) in [5, 5.41) is 13.1. The monoisotopic (exact) mass is 220 g/mol. The molecule has 2 N–H and O–H groups in total. The summed E-state index contributed by atoms with van der Waals surface area (Å²) < 4.78 is 0. The Morgan fingerprint density at radius 2 is 2.25 bits per heavy atom. The van der Waals surface area contributed by atoms with Crippen LogP contribution in [0.15, 0.2) is 12.1 Å². The molecule has 3 heteroatoms. The Labute approximate surface area is 96.9 Å². The van der Waals surface area contributed by atoms with Crippen molar-refractivity contribution in [3.63, 3.8) is 0 Å². The van der Waals surface area contributed by atoms with Crippen LogP contribution in [0.4, 0.5) is 0 Å². The summed E-state index contributed by atoms with van der Waals surface area (Å²) in [5.74, 6) is 1.22. The summed E-state index contributed by atoms with van der Waals surface area (Å²) in [4.78, 5) is 4.33. The van der Waals surface area contributed by atoms with E-state index >= 15 is 0 Å². The van der Waals surface area contributed by atoms with E-state index in [1.165, 1.54) is 19.3 Å². The van der Waals surface area contributed by atoms with Gasteiger partial charge in [0.25, 0.3) is 0 Å². The van der Waals surface area contributed by atoms with E-state index in [0.717, 1.165) is 17.3 Å². The maximum absolute atomic E-state index is 9.64. The highest BCUT2D eigenvalue weighted by Gasteiger charge is 2.23.